The summed E-state index contributed by atoms with van der Waals surface area (Å²) in [5, 5.41) is 16.8. The van der Waals surface area contributed by atoms with Crippen molar-refractivity contribution >= 4 is 23.2 Å². The van der Waals surface area contributed by atoms with Crippen LogP contribution < -0.4 is 11.1 Å². The van der Waals surface area contributed by atoms with Crippen LogP contribution in [0.1, 0.15) is 61.5 Å². The Hall–Kier alpha value is -4.11. The van der Waals surface area contributed by atoms with E-state index in [9.17, 15) is 14.7 Å². The van der Waals surface area contributed by atoms with Crippen LogP contribution in [0.4, 0.5) is 5.82 Å². The molecule has 0 bridgehead atoms. The molecule has 4 N–H and O–H groups in total. The molecule has 1 amide bonds. The van der Waals surface area contributed by atoms with Crippen molar-refractivity contribution in [3.63, 3.8) is 0 Å². The number of hydrogen-bond donors (Lipinski definition) is 3. The van der Waals surface area contributed by atoms with Crippen molar-refractivity contribution in [1.29, 1.82) is 0 Å². The van der Waals surface area contributed by atoms with E-state index in [1.165, 1.54) is 18.4 Å². The maximum atomic E-state index is 12.7. The molecule has 1 aromatic carbocycles. The number of anilines is 1. The molecule has 4 aromatic rings. The smallest absolute Gasteiger partial charge is 0.248 e. The molecule has 0 radical (unpaired) electrons. The average molecular weight is 499 g/mol. The molecule has 1 fully saturated rings. The van der Waals surface area contributed by atoms with Gasteiger partial charge in [0, 0.05) is 34.8 Å². The maximum absolute atomic E-state index is 12.7. The Morgan fingerprint density at radius 3 is 2.41 bits per heavy atom. The molecule has 9 nitrogen and oxygen atoms in total. The van der Waals surface area contributed by atoms with Crippen molar-refractivity contribution in [3.8, 4) is 22.4 Å². The summed E-state index contributed by atoms with van der Waals surface area (Å²) in [6.45, 7) is 2.95. The van der Waals surface area contributed by atoms with Crippen molar-refractivity contribution in [2.75, 3.05) is 5.73 Å². The first-order valence-electron chi connectivity index (χ1n) is 12.5. The number of nitrogens with zero attached hydrogens (tertiary/aromatic N) is 4. The Morgan fingerprint density at radius 2 is 1.78 bits per heavy atom. The number of nitrogens with one attached hydrogen (secondary N) is 1. The molecular formula is C28H30N6O3. The fourth-order valence-electron chi connectivity index (χ4n) is 5.06. The van der Waals surface area contributed by atoms with Crippen LogP contribution in [0.2, 0.25) is 0 Å². The SMILES string of the molecule is CC(=O)c1c(N)n2ncc(-c3ccc(-c4ccccc4)nc3)c2nc1[C@H]1CC[C@@H](NC(=O)[C@@H](C)O)CC1. The van der Waals surface area contributed by atoms with Gasteiger partial charge in [0.15, 0.2) is 11.4 Å². The maximum Gasteiger partial charge on any atom is 0.248 e. The lowest BCUT2D eigenvalue weighted by Gasteiger charge is -2.30. The first-order valence-corrected chi connectivity index (χ1v) is 12.5. The molecule has 0 spiro atoms. The van der Waals surface area contributed by atoms with Crippen LogP contribution >= 0.6 is 0 Å². The summed E-state index contributed by atoms with van der Waals surface area (Å²) in [6.07, 6.45) is 5.39. The minimum atomic E-state index is -1.04. The first kappa shape index (κ1) is 24.6. The second kappa shape index (κ2) is 10.1. The number of ketones is 1. The number of fused-ring (bicyclic) bond motifs is 1. The molecule has 9 heteroatoms. The molecule has 3 aromatic heterocycles. The normalized spacial score (nSPS) is 18.5. The van der Waals surface area contributed by atoms with E-state index in [-0.39, 0.29) is 29.5 Å². The number of aromatic nitrogens is 4. The van der Waals surface area contributed by atoms with Gasteiger partial charge in [0.05, 0.1) is 23.1 Å². The zero-order valence-corrected chi connectivity index (χ0v) is 20.9. The number of amides is 1. The van der Waals surface area contributed by atoms with Gasteiger partial charge in [0.1, 0.15) is 11.9 Å². The molecule has 0 aliphatic heterocycles. The van der Waals surface area contributed by atoms with E-state index in [1.54, 1.807) is 12.4 Å². The van der Waals surface area contributed by atoms with Gasteiger partial charge in [-0.1, -0.05) is 36.4 Å². The van der Waals surface area contributed by atoms with Crippen molar-refractivity contribution in [3.05, 3.63) is 66.1 Å². The van der Waals surface area contributed by atoms with E-state index >= 15 is 0 Å². The molecule has 1 saturated carbocycles. The number of aliphatic hydroxyl groups excluding tert-OH is 1. The second-order valence-electron chi connectivity index (χ2n) is 9.64. The highest BCUT2D eigenvalue weighted by molar-refractivity contribution is 6.00. The van der Waals surface area contributed by atoms with Crippen LogP contribution in [-0.2, 0) is 4.79 Å². The summed E-state index contributed by atoms with van der Waals surface area (Å²) in [5.74, 6) is -0.228. The number of rotatable bonds is 6. The Labute approximate surface area is 214 Å². The predicted molar refractivity (Wildman–Crippen MR) is 141 cm³/mol. The second-order valence-corrected chi connectivity index (χ2v) is 9.64. The van der Waals surface area contributed by atoms with Crippen LogP contribution in [0.25, 0.3) is 28.0 Å². The third-order valence-corrected chi connectivity index (χ3v) is 7.05. The van der Waals surface area contributed by atoms with Gasteiger partial charge in [-0.2, -0.15) is 9.61 Å². The van der Waals surface area contributed by atoms with Gasteiger partial charge in [-0.3, -0.25) is 14.6 Å². The van der Waals surface area contributed by atoms with Crippen LogP contribution in [0.5, 0.6) is 0 Å². The van der Waals surface area contributed by atoms with Gasteiger partial charge in [-0.25, -0.2) is 4.98 Å². The molecule has 1 aliphatic carbocycles. The quantitative estimate of drug-likeness (QED) is 0.344. The van der Waals surface area contributed by atoms with Gasteiger partial charge in [-0.15, -0.1) is 0 Å². The first-order chi connectivity index (χ1) is 17.8. The number of nitrogen functional groups attached to an aromatic ring is 1. The lowest BCUT2D eigenvalue weighted by atomic mass is 9.82. The number of nitrogens with two attached hydrogens (primary N) is 1. The number of Topliss-reactive ketones (excluding diaryl/α,β-unsaturated/α-hetero) is 1. The van der Waals surface area contributed by atoms with Crippen LogP contribution in [-0.4, -0.2) is 48.5 Å². The minimum Gasteiger partial charge on any atom is -0.384 e. The fourth-order valence-corrected chi connectivity index (χ4v) is 5.06. The molecule has 1 atom stereocenters. The number of benzene rings is 1. The van der Waals surface area contributed by atoms with Crippen molar-refractivity contribution < 1.29 is 14.7 Å². The van der Waals surface area contributed by atoms with Gasteiger partial charge in [0.25, 0.3) is 0 Å². The third kappa shape index (κ3) is 4.82. The Balaban J connectivity index is 1.48. The Kier molecular flexibility index (Phi) is 6.71. The fraction of sp³-hybridized carbons (Fsp3) is 0.321. The number of hydrogen-bond acceptors (Lipinski definition) is 7. The summed E-state index contributed by atoms with van der Waals surface area (Å²) in [5.41, 5.74) is 11.7. The van der Waals surface area contributed by atoms with Gasteiger partial charge in [-0.05, 0) is 45.6 Å². The Bertz CT molecular complexity index is 1440. The van der Waals surface area contributed by atoms with E-state index in [4.69, 9.17) is 10.7 Å². The molecule has 3 heterocycles. The number of carbonyl (C=O) groups is 2. The summed E-state index contributed by atoms with van der Waals surface area (Å²) >= 11 is 0. The molecular weight excluding hydrogens is 468 g/mol. The van der Waals surface area contributed by atoms with E-state index < -0.39 is 6.10 Å². The lowest BCUT2D eigenvalue weighted by molar-refractivity contribution is -0.129. The molecule has 1 aliphatic rings. The van der Waals surface area contributed by atoms with Crippen molar-refractivity contribution in [1.82, 2.24) is 24.9 Å². The lowest BCUT2D eigenvalue weighted by Crippen LogP contribution is -2.42. The Morgan fingerprint density at radius 1 is 1.05 bits per heavy atom. The molecule has 0 saturated heterocycles. The van der Waals surface area contributed by atoms with Crippen LogP contribution in [0.3, 0.4) is 0 Å². The molecule has 0 unspecified atom stereocenters. The zero-order valence-electron chi connectivity index (χ0n) is 20.9. The summed E-state index contributed by atoms with van der Waals surface area (Å²) < 4.78 is 1.52. The highest BCUT2D eigenvalue weighted by atomic mass is 16.3. The molecule has 5 rings (SSSR count). The van der Waals surface area contributed by atoms with E-state index in [2.05, 4.69) is 15.4 Å². The highest BCUT2D eigenvalue weighted by Crippen LogP contribution is 2.37. The van der Waals surface area contributed by atoms with E-state index in [0.717, 1.165) is 48.1 Å². The zero-order chi connectivity index (χ0) is 26.1. The van der Waals surface area contributed by atoms with Crippen LogP contribution in [0, 0.1) is 0 Å². The van der Waals surface area contributed by atoms with Crippen molar-refractivity contribution in [2.24, 2.45) is 0 Å². The van der Waals surface area contributed by atoms with E-state index in [1.807, 2.05) is 42.5 Å². The number of pyridine rings is 1. The number of carbonyl (C=O) groups excluding carboxylic acids is 2. The number of aliphatic hydroxyl groups is 1. The van der Waals surface area contributed by atoms with Gasteiger partial charge >= 0.3 is 0 Å². The minimum absolute atomic E-state index is 0.0139. The monoisotopic (exact) mass is 498 g/mol. The third-order valence-electron chi connectivity index (χ3n) is 7.05. The summed E-state index contributed by atoms with van der Waals surface area (Å²) in [7, 11) is 0. The molecule has 190 valence electrons. The van der Waals surface area contributed by atoms with Crippen molar-refractivity contribution in [2.45, 2.75) is 57.6 Å². The highest BCUT2D eigenvalue weighted by Gasteiger charge is 2.30. The summed E-state index contributed by atoms with van der Waals surface area (Å²) in [4.78, 5) is 34.1. The average Bonchev–Trinajstić information content (AvgIpc) is 3.34. The summed E-state index contributed by atoms with van der Waals surface area (Å²) in [6, 6.07) is 13.9. The van der Waals surface area contributed by atoms with Gasteiger partial charge < -0.3 is 16.2 Å². The standard InChI is InChI=1S/C28H30N6O3/c1-16(35)24-25(19-8-11-21(12-9-19)32-28(37)17(2)36)33-27-22(15-31-34(27)26(24)29)20-10-13-23(30-14-20)18-6-4-3-5-7-18/h3-7,10,13-15,17,19,21,36H,8-9,11-12,29H2,1-2H3,(H,32,37)/t17-,19-,21+/m1/s1. The van der Waals surface area contributed by atoms with E-state index in [0.29, 0.717) is 16.9 Å². The largest absolute Gasteiger partial charge is 0.384 e. The molecule has 37 heavy (non-hydrogen) atoms. The predicted octanol–water partition coefficient (Wildman–Crippen LogP) is 3.77. The van der Waals surface area contributed by atoms with Gasteiger partial charge in [0.2, 0.25) is 5.91 Å². The van der Waals surface area contributed by atoms with Crippen LogP contribution in [0.15, 0.2) is 54.9 Å². The topological polar surface area (TPSA) is 136 Å².